The third-order valence-corrected chi connectivity index (χ3v) is 3.24. The Hall–Kier alpha value is -3.08. The Kier molecular flexibility index (Phi) is 6.14. The van der Waals surface area contributed by atoms with E-state index in [0.717, 1.165) is 5.75 Å². The van der Waals surface area contributed by atoms with Crippen molar-refractivity contribution in [2.45, 2.75) is 6.92 Å². The largest absolute Gasteiger partial charge is 0.494 e. The number of nitrogens with one attached hydrogen (secondary N) is 2. The molecule has 0 spiro atoms. The fourth-order valence-corrected chi connectivity index (χ4v) is 2.04. The third-order valence-electron chi connectivity index (χ3n) is 3.24. The lowest BCUT2D eigenvalue weighted by Crippen LogP contribution is -2.23. The number of ether oxygens (including phenoxy) is 1. The van der Waals surface area contributed by atoms with Gasteiger partial charge in [-0.15, -0.1) is 6.58 Å². The fraction of sp³-hybridized carbons (Fsp3) is 0.158. The fourth-order valence-electron chi connectivity index (χ4n) is 2.04. The minimum absolute atomic E-state index is 0.201. The van der Waals surface area contributed by atoms with Crippen LogP contribution in [-0.2, 0) is 0 Å². The summed E-state index contributed by atoms with van der Waals surface area (Å²) >= 11 is 0. The molecule has 0 unspecified atom stereocenters. The van der Waals surface area contributed by atoms with Crippen LogP contribution in [0.1, 0.15) is 27.6 Å². The summed E-state index contributed by atoms with van der Waals surface area (Å²) in [6.45, 7) is 6.45. The van der Waals surface area contributed by atoms with Crippen LogP contribution in [0.4, 0.5) is 5.69 Å². The van der Waals surface area contributed by atoms with Gasteiger partial charge in [0.05, 0.1) is 6.61 Å². The van der Waals surface area contributed by atoms with Crippen molar-refractivity contribution < 1.29 is 14.3 Å². The van der Waals surface area contributed by atoms with E-state index in [-0.39, 0.29) is 11.8 Å². The lowest BCUT2D eigenvalue weighted by atomic mass is 10.1. The van der Waals surface area contributed by atoms with Gasteiger partial charge in [-0.05, 0) is 55.5 Å². The number of carbonyl (C=O) groups excluding carboxylic acids is 2. The van der Waals surface area contributed by atoms with Gasteiger partial charge in [-0.3, -0.25) is 9.59 Å². The van der Waals surface area contributed by atoms with Crippen LogP contribution < -0.4 is 15.4 Å². The molecule has 0 heterocycles. The first-order valence-electron chi connectivity index (χ1n) is 7.67. The number of amides is 2. The molecule has 2 aromatic carbocycles. The molecule has 2 aromatic rings. The van der Waals surface area contributed by atoms with Gasteiger partial charge in [0.25, 0.3) is 11.8 Å². The van der Waals surface area contributed by atoms with Gasteiger partial charge in [0.2, 0.25) is 0 Å². The van der Waals surface area contributed by atoms with Crippen LogP contribution >= 0.6 is 0 Å². The smallest absolute Gasteiger partial charge is 0.255 e. The molecule has 0 atom stereocenters. The van der Waals surface area contributed by atoms with Gasteiger partial charge >= 0.3 is 0 Å². The predicted molar refractivity (Wildman–Crippen MR) is 94.5 cm³/mol. The van der Waals surface area contributed by atoms with Crippen molar-refractivity contribution in [1.29, 1.82) is 0 Å². The molecule has 0 saturated carbocycles. The van der Waals surface area contributed by atoms with E-state index in [0.29, 0.717) is 30.0 Å². The van der Waals surface area contributed by atoms with E-state index >= 15 is 0 Å². The van der Waals surface area contributed by atoms with Crippen molar-refractivity contribution in [2.24, 2.45) is 0 Å². The Morgan fingerprint density at radius 3 is 2.12 bits per heavy atom. The number of benzene rings is 2. The molecular formula is C19H20N2O3. The average Bonchev–Trinajstić information content (AvgIpc) is 2.61. The molecule has 0 saturated heterocycles. The zero-order valence-electron chi connectivity index (χ0n) is 13.5. The van der Waals surface area contributed by atoms with E-state index in [4.69, 9.17) is 4.74 Å². The minimum Gasteiger partial charge on any atom is -0.494 e. The maximum Gasteiger partial charge on any atom is 0.255 e. The molecule has 0 radical (unpaired) electrons. The van der Waals surface area contributed by atoms with Crippen LogP contribution in [0.3, 0.4) is 0 Å². The van der Waals surface area contributed by atoms with E-state index in [1.165, 1.54) is 0 Å². The summed E-state index contributed by atoms with van der Waals surface area (Å²) in [5, 5.41) is 5.49. The monoisotopic (exact) mass is 324 g/mol. The molecule has 0 fully saturated rings. The van der Waals surface area contributed by atoms with E-state index in [2.05, 4.69) is 17.2 Å². The Labute approximate surface area is 141 Å². The van der Waals surface area contributed by atoms with Crippen molar-refractivity contribution >= 4 is 17.5 Å². The molecule has 0 aliphatic carbocycles. The first kappa shape index (κ1) is 17.3. The maximum absolute atomic E-state index is 12.2. The molecule has 2 rings (SSSR count). The lowest BCUT2D eigenvalue weighted by molar-refractivity contribution is 0.0956. The molecule has 2 N–H and O–H groups in total. The van der Waals surface area contributed by atoms with Gasteiger partial charge in [-0.2, -0.15) is 0 Å². The molecule has 0 bridgehead atoms. The molecule has 124 valence electrons. The molecule has 0 aromatic heterocycles. The van der Waals surface area contributed by atoms with Crippen LogP contribution in [0.25, 0.3) is 0 Å². The highest BCUT2D eigenvalue weighted by atomic mass is 16.5. The Morgan fingerprint density at radius 1 is 1.00 bits per heavy atom. The number of rotatable bonds is 7. The highest BCUT2D eigenvalue weighted by molar-refractivity contribution is 6.05. The summed E-state index contributed by atoms with van der Waals surface area (Å²) in [6.07, 6.45) is 1.61. The van der Waals surface area contributed by atoms with Gasteiger partial charge in [0.1, 0.15) is 5.75 Å². The standard InChI is InChI=1S/C19H20N2O3/c1-3-13-20-18(22)14-5-7-15(8-6-14)19(23)21-16-9-11-17(12-10-16)24-4-2/h3,5-12H,1,4,13H2,2H3,(H,20,22)(H,21,23). The van der Waals surface area contributed by atoms with Crippen LogP contribution in [0.15, 0.2) is 61.2 Å². The topological polar surface area (TPSA) is 67.4 Å². The minimum atomic E-state index is -0.239. The normalized spacial score (nSPS) is 9.88. The number of hydrogen-bond donors (Lipinski definition) is 2. The first-order valence-corrected chi connectivity index (χ1v) is 7.67. The zero-order valence-corrected chi connectivity index (χ0v) is 13.5. The maximum atomic E-state index is 12.2. The van der Waals surface area contributed by atoms with Crippen LogP contribution in [0.5, 0.6) is 5.75 Å². The van der Waals surface area contributed by atoms with E-state index in [9.17, 15) is 9.59 Å². The van der Waals surface area contributed by atoms with Gasteiger partial charge in [0, 0.05) is 23.4 Å². The second kappa shape index (κ2) is 8.53. The van der Waals surface area contributed by atoms with E-state index < -0.39 is 0 Å². The van der Waals surface area contributed by atoms with Crippen LogP contribution in [-0.4, -0.2) is 25.0 Å². The molecule has 5 nitrogen and oxygen atoms in total. The van der Waals surface area contributed by atoms with Gasteiger partial charge in [-0.25, -0.2) is 0 Å². The quantitative estimate of drug-likeness (QED) is 0.768. The van der Waals surface area contributed by atoms with Crippen molar-refractivity contribution in [3.8, 4) is 5.75 Å². The van der Waals surface area contributed by atoms with Gasteiger partial charge in [-0.1, -0.05) is 6.08 Å². The van der Waals surface area contributed by atoms with Gasteiger partial charge in [0.15, 0.2) is 0 Å². The molecule has 0 aliphatic heterocycles. The highest BCUT2D eigenvalue weighted by Crippen LogP contribution is 2.16. The molecule has 24 heavy (non-hydrogen) atoms. The second-order valence-corrected chi connectivity index (χ2v) is 4.99. The average molecular weight is 324 g/mol. The van der Waals surface area contributed by atoms with Crippen molar-refractivity contribution in [1.82, 2.24) is 5.32 Å². The Morgan fingerprint density at radius 2 is 1.58 bits per heavy atom. The zero-order chi connectivity index (χ0) is 17.4. The summed E-state index contributed by atoms with van der Waals surface area (Å²) in [7, 11) is 0. The number of hydrogen-bond acceptors (Lipinski definition) is 3. The SMILES string of the molecule is C=CCNC(=O)c1ccc(C(=O)Nc2ccc(OCC)cc2)cc1. The van der Waals surface area contributed by atoms with Crippen molar-refractivity contribution in [3.05, 3.63) is 72.3 Å². The lowest BCUT2D eigenvalue weighted by Gasteiger charge is -2.08. The summed E-state index contributed by atoms with van der Waals surface area (Å²) in [4.78, 5) is 24.0. The summed E-state index contributed by atoms with van der Waals surface area (Å²) in [5.41, 5.74) is 1.65. The Balaban J connectivity index is 1.99. The number of carbonyl (C=O) groups is 2. The summed E-state index contributed by atoms with van der Waals surface area (Å²) in [5.74, 6) is 0.316. The second-order valence-electron chi connectivity index (χ2n) is 4.99. The highest BCUT2D eigenvalue weighted by Gasteiger charge is 2.09. The third kappa shape index (κ3) is 4.71. The van der Waals surface area contributed by atoms with Crippen LogP contribution in [0.2, 0.25) is 0 Å². The molecule has 5 heteroatoms. The summed E-state index contributed by atoms with van der Waals surface area (Å²) < 4.78 is 5.36. The predicted octanol–water partition coefficient (Wildman–Crippen LogP) is 3.25. The Bertz CT molecular complexity index is 706. The summed E-state index contributed by atoms with van der Waals surface area (Å²) in [6, 6.07) is 13.6. The number of anilines is 1. The first-order chi connectivity index (χ1) is 11.6. The molecule has 0 aliphatic rings. The van der Waals surface area contributed by atoms with Crippen LogP contribution in [0, 0.1) is 0 Å². The van der Waals surface area contributed by atoms with Gasteiger partial charge < -0.3 is 15.4 Å². The van der Waals surface area contributed by atoms with E-state index in [1.54, 1.807) is 54.6 Å². The van der Waals surface area contributed by atoms with Crippen molar-refractivity contribution in [2.75, 3.05) is 18.5 Å². The van der Waals surface area contributed by atoms with Crippen molar-refractivity contribution in [3.63, 3.8) is 0 Å². The molecule has 2 amide bonds. The van der Waals surface area contributed by atoms with E-state index in [1.807, 2.05) is 6.92 Å². The molecular weight excluding hydrogens is 304 g/mol.